The number of hydrogen-bond donors (Lipinski definition) is 1. The van der Waals surface area contributed by atoms with E-state index in [1.165, 1.54) is 6.42 Å². The molecular formula is C26H32FN5O2. The number of carbonyl (C=O) groups is 1. The number of fused-ring (bicyclic) bond motifs is 1. The van der Waals surface area contributed by atoms with Crippen molar-refractivity contribution in [3.63, 3.8) is 0 Å². The number of aromatic carboxylic acids is 1. The Labute approximate surface area is 199 Å². The van der Waals surface area contributed by atoms with Gasteiger partial charge >= 0.3 is 5.97 Å². The fraction of sp³-hybridized carbons (Fsp3) is 0.538. The Kier molecular flexibility index (Phi) is 6.23. The lowest BCUT2D eigenvalue weighted by Crippen LogP contribution is -2.36. The van der Waals surface area contributed by atoms with Crippen LogP contribution in [0.5, 0.6) is 0 Å². The highest BCUT2D eigenvalue weighted by atomic mass is 19.1. The molecule has 1 saturated carbocycles. The minimum Gasteiger partial charge on any atom is -0.477 e. The summed E-state index contributed by atoms with van der Waals surface area (Å²) in [6.07, 6.45) is 7.94. The molecular weight excluding hydrogens is 433 g/mol. The van der Waals surface area contributed by atoms with Gasteiger partial charge in [0.2, 0.25) is 0 Å². The number of rotatable bonds is 5. The third-order valence-electron chi connectivity index (χ3n) is 7.12. The summed E-state index contributed by atoms with van der Waals surface area (Å²) in [6.45, 7) is 5.36. The molecule has 1 saturated heterocycles. The molecule has 8 heteroatoms. The molecule has 1 unspecified atom stereocenters. The number of carboxylic acid groups (broad SMARTS) is 1. The van der Waals surface area contributed by atoms with Gasteiger partial charge in [0.25, 0.3) is 0 Å². The highest BCUT2D eigenvalue weighted by molar-refractivity contribution is 5.99. The second kappa shape index (κ2) is 9.31. The van der Waals surface area contributed by atoms with E-state index in [2.05, 4.69) is 23.8 Å². The smallest absolute Gasteiger partial charge is 0.354 e. The van der Waals surface area contributed by atoms with Gasteiger partial charge in [-0.3, -0.25) is 0 Å². The molecule has 0 radical (unpaired) electrons. The van der Waals surface area contributed by atoms with Crippen LogP contribution in [0.2, 0.25) is 0 Å². The normalized spacial score (nSPS) is 19.8. The summed E-state index contributed by atoms with van der Waals surface area (Å²) in [6, 6.07) is 5.73. The first-order valence-electron chi connectivity index (χ1n) is 12.4. The van der Waals surface area contributed by atoms with Crippen molar-refractivity contribution < 1.29 is 14.3 Å². The van der Waals surface area contributed by atoms with Gasteiger partial charge in [0.05, 0.1) is 23.7 Å². The number of nitrogens with zero attached hydrogens (tertiary/aromatic N) is 5. The molecule has 1 aliphatic carbocycles. The topological polar surface area (TPSA) is 84.1 Å². The third-order valence-corrected chi connectivity index (χ3v) is 7.12. The van der Waals surface area contributed by atoms with E-state index in [0.717, 1.165) is 66.7 Å². The molecule has 180 valence electrons. The van der Waals surface area contributed by atoms with Crippen molar-refractivity contribution in [2.75, 3.05) is 18.0 Å². The van der Waals surface area contributed by atoms with Crippen molar-refractivity contribution in [2.45, 2.75) is 76.9 Å². The molecule has 1 aliphatic heterocycles. The van der Waals surface area contributed by atoms with E-state index >= 15 is 0 Å². The Bertz CT molecular complexity index is 1180. The average Bonchev–Trinajstić information content (AvgIpc) is 3.24. The molecule has 0 aromatic carbocycles. The molecule has 4 heterocycles. The van der Waals surface area contributed by atoms with Crippen LogP contribution in [0.1, 0.15) is 86.9 Å². The van der Waals surface area contributed by atoms with E-state index in [0.29, 0.717) is 18.6 Å². The minimum atomic E-state index is -1.06. The molecule has 1 N–H and O–H groups in total. The lowest BCUT2D eigenvalue weighted by atomic mass is 9.95. The summed E-state index contributed by atoms with van der Waals surface area (Å²) in [4.78, 5) is 23.2. The Morgan fingerprint density at radius 2 is 1.94 bits per heavy atom. The predicted octanol–water partition coefficient (Wildman–Crippen LogP) is 5.76. The molecule has 5 rings (SSSR count). The van der Waals surface area contributed by atoms with Crippen LogP contribution >= 0.6 is 0 Å². The van der Waals surface area contributed by atoms with Crippen LogP contribution in [0.25, 0.3) is 22.2 Å². The SMILES string of the molecule is CC(C)c1nn(C2CCCCC2)c2nc(C(=O)O)cc(-c3ccc(N4CCCC(F)C4)nc3)c12. The fourth-order valence-electron chi connectivity index (χ4n) is 5.35. The van der Waals surface area contributed by atoms with Crippen LogP contribution < -0.4 is 4.90 Å². The van der Waals surface area contributed by atoms with E-state index in [9.17, 15) is 14.3 Å². The standard InChI is InChI=1S/C26H32FN5O2/c1-16(2)24-23-20(17-10-11-22(28-14-17)31-12-6-7-18(27)15-31)13-21(26(33)34)29-25(23)32(30-24)19-8-4-3-5-9-19/h10-11,13-14,16,18-19H,3-9,12,15H2,1-2H3,(H,33,34). The summed E-state index contributed by atoms with van der Waals surface area (Å²) in [5.41, 5.74) is 3.19. The number of alkyl halides is 1. The zero-order valence-electron chi connectivity index (χ0n) is 19.9. The zero-order valence-corrected chi connectivity index (χ0v) is 19.9. The fourth-order valence-corrected chi connectivity index (χ4v) is 5.35. The molecule has 3 aromatic heterocycles. The van der Waals surface area contributed by atoms with E-state index in [4.69, 9.17) is 5.10 Å². The number of anilines is 1. The molecule has 0 spiro atoms. The van der Waals surface area contributed by atoms with Gasteiger partial charge in [0.15, 0.2) is 11.3 Å². The van der Waals surface area contributed by atoms with E-state index in [-0.39, 0.29) is 17.7 Å². The molecule has 1 atom stereocenters. The van der Waals surface area contributed by atoms with E-state index < -0.39 is 12.1 Å². The Morgan fingerprint density at radius 3 is 2.59 bits per heavy atom. The van der Waals surface area contributed by atoms with Gasteiger partial charge in [-0.2, -0.15) is 5.10 Å². The third kappa shape index (κ3) is 4.26. The predicted molar refractivity (Wildman–Crippen MR) is 130 cm³/mol. The summed E-state index contributed by atoms with van der Waals surface area (Å²) < 4.78 is 15.9. The molecule has 0 amide bonds. The maximum Gasteiger partial charge on any atom is 0.354 e. The quantitative estimate of drug-likeness (QED) is 0.516. The summed E-state index contributed by atoms with van der Waals surface area (Å²) in [5, 5.41) is 15.7. The van der Waals surface area contributed by atoms with Gasteiger partial charge < -0.3 is 10.0 Å². The van der Waals surface area contributed by atoms with Gasteiger partial charge in [-0.1, -0.05) is 33.1 Å². The highest BCUT2D eigenvalue weighted by Gasteiger charge is 2.27. The van der Waals surface area contributed by atoms with Crippen LogP contribution in [0.4, 0.5) is 10.2 Å². The Balaban J connectivity index is 1.63. The monoisotopic (exact) mass is 465 g/mol. The van der Waals surface area contributed by atoms with Crippen LogP contribution in [0.15, 0.2) is 24.4 Å². The largest absolute Gasteiger partial charge is 0.477 e. The van der Waals surface area contributed by atoms with Crippen molar-refractivity contribution in [3.8, 4) is 11.1 Å². The van der Waals surface area contributed by atoms with Gasteiger partial charge in [-0.15, -0.1) is 0 Å². The number of pyridine rings is 2. The Morgan fingerprint density at radius 1 is 1.15 bits per heavy atom. The average molecular weight is 466 g/mol. The molecule has 7 nitrogen and oxygen atoms in total. The summed E-state index contributed by atoms with van der Waals surface area (Å²) in [7, 11) is 0. The van der Waals surface area contributed by atoms with Crippen molar-refractivity contribution in [3.05, 3.63) is 35.8 Å². The first-order valence-corrected chi connectivity index (χ1v) is 12.4. The van der Waals surface area contributed by atoms with Crippen LogP contribution in [-0.4, -0.2) is 50.1 Å². The molecule has 2 fully saturated rings. The molecule has 3 aromatic rings. The maximum atomic E-state index is 13.9. The van der Waals surface area contributed by atoms with E-state index in [1.807, 2.05) is 21.7 Å². The first-order chi connectivity index (χ1) is 16.4. The zero-order chi connectivity index (χ0) is 23.8. The molecule has 0 bridgehead atoms. The highest BCUT2D eigenvalue weighted by Crippen LogP contribution is 2.38. The number of piperidine rings is 1. The number of halogens is 1. The number of hydrogen-bond acceptors (Lipinski definition) is 5. The second-order valence-corrected chi connectivity index (χ2v) is 9.93. The second-order valence-electron chi connectivity index (χ2n) is 9.93. The Hall–Kier alpha value is -3.03. The lowest BCUT2D eigenvalue weighted by molar-refractivity contribution is 0.0691. The van der Waals surface area contributed by atoms with Crippen LogP contribution in [0.3, 0.4) is 0 Å². The van der Waals surface area contributed by atoms with Gasteiger partial charge in [0, 0.05) is 18.3 Å². The van der Waals surface area contributed by atoms with Crippen molar-refractivity contribution in [1.29, 1.82) is 0 Å². The van der Waals surface area contributed by atoms with Crippen molar-refractivity contribution in [1.82, 2.24) is 19.7 Å². The minimum absolute atomic E-state index is 0.00939. The first kappa shape index (κ1) is 22.7. The van der Waals surface area contributed by atoms with Crippen molar-refractivity contribution >= 4 is 22.8 Å². The number of aromatic nitrogens is 4. The summed E-state index contributed by atoms with van der Waals surface area (Å²) in [5.74, 6) is -0.153. The van der Waals surface area contributed by atoms with Crippen LogP contribution in [-0.2, 0) is 0 Å². The van der Waals surface area contributed by atoms with E-state index in [1.54, 1.807) is 12.3 Å². The summed E-state index contributed by atoms with van der Waals surface area (Å²) >= 11 is 0. The molecule has 2 aliphatic rings. The van der Waals surface area contributed by atoms with Gasteiger partial charge in [-0.05, 0) is 55.4 Å². The lowest BCUT2D eigenvalue weighted by Gasteiger charge is -2.30. The van der Waals surface area contributed by atoms with Crippen LogP contribution in [0, 0.1) is 0 Å². The maximum absolute atomic E-state index is 13.9. The van der Waals surface area contributed by atoms with Crippen molar-refractivity contribution in [2.24, 2.45) is 0 Å². The molecule has 34 heavy (non-hydrogen) atoms. The van der Waals surface area contributed by atoms with Gasteiger partial charge in [0.1, 0.15) is 12.0 Å². The number of carboxylic acids is 1. The van der Waals surface area contributed by atoms with Gasteiger partial charge in [-0.25, -0.2) is 23.8 Å².